The van der Waals surface area contributed by atoms with Crippen LogP contribution < -0.4 is 10.1 Å². The average molecular weight is 674 g/mol. The van der Waals surface area contributed by atoms with Crippen LogP contribution in [0.25, 0.3) is 0 Å². The van der Waals surface area contributed by atoms with Crippen molar-refractivity contribution in [1.29, 1.82) is 0 Å². The number of unbranched alkanes of at least 4 members (excludes halogenated alkanes) is 6. The largest absolute Gasteiger partial charge is 0.491 e. The van der Waals surface area contributed by atoms with Crippen LogP contribution in [0.3, 0.4) is 0 Å². The van der Waals surface area contributed by atoms with Gasteiger partial charge in [-0.2, -0.15) is 0 Å². The minimum Gasteiger partial charge on any atom is -0.491 e. The molecule has 0 saturated carbocycles. The molecule has 0 amide bonds. The normalized spacial score (nSPS) is 11.4. The Morgan fingerprint density at radius 2 is 0.745 bits per heavy atom. The van der Waals surface area contributed by atoms with E-state index in [1.54, 1.807) is 0 Å². The van der Waals surface area contributed by atoms with E-state index in [1.807, 2.05) is 7.05 Å². The van der Waals surface area contributed by atoms with E-state index in [-0.39, 0.29) is 0 Å². The summed E-state index contributed by atoms with van der Waals surface area (Å²) in [4.78, 5) is 0. The maximum Gasteiger partial charge on any atom is 0.119 e. The van der Waals surface area contributed by atoms with Crippen LogP contribution in [0.4, 0.5) is 0 Å². The Hall–Kier alpha value is -1.38. The van der Waals surface area contributed by atoms with Gasteiger partial charge in [0.25, 0.3) is 0 Å². The van der Waals surface area contributed by atoms with E-state index in [0.29, 0.717) is 126 Å². The molecule has 1 rings (SSSR count). The van der Waals surface area contributed by atoms with E-state index in [1.165, 1.54) is 50.5 Å². The topological polar surface area (TPSA) is 104 Å². The van der Waals surface area contributed by atoms with E-state index in [4.69, 9.17) is 47.4 Å². The molecular formula is C36H67NO10. The molecule has 0 aliphatic heterocycles. The highest BCUT2D eigenvalue weighted by molar-refractivity contribution is 5.27. The number of aryl methyl sites for hydroxylation is 1. The monoisotopic (exact) mass is 673 g/mol. The predicted octanol–water partition coefficient (Wildman–Crippen LogP) is 4.73. The third-order valence-corrected chi connectivity index (χ3v) is 6.96. The van der Waals surface area contributed by atoms with Crippen molar-refractivity contribution in [3.63, 3.8) is 0 Å². The molecule has 0 unspecified atom stereocenters. The molecule has 0 spiro atoms. The summed E-state index contributed by atoms with van der Waals surface area (Å²) in [6.07, 6.45) is 10.5. The predicted molar refractivity (Wildman–Crippen MR) is 185 cm³/mol. The number of rotatable bonds is 39. The molecule has 47 heavy (non-hydrogen) atoms. The molecule has 1 N–H and O–H groups in total. The molecule has 1 aromatic rings. The van der Waals surface area contributed by atoms with Gasteiger partial charge in [0.05, 0.1) is 119 Å². The van der Waals surface area contributed by atoms with Crippen molar-refractivity contribution in [2.24, 2.45) is 0 Å². The molecule has 1 aromatic carbocycles. The standard InChI is InChI=1S/C36H67NO10/c1-3-4-5-6-7-8-9-10-35-11-13-36(14-12-35)47-34-33-46-32-31-45-30-29-44-28-27-43-26-25-42-24-23-41-22-21-40-20-19-39-18-17-38-16-15-37-2/h11-14,37H,3-10,15-34H2,1-2H3. The molecule has 0 aliphatic rings. The van der Waals surface area contributed by atoms with Crippen molar-refractivity contribution in [2.75, 3.05) is 139 Å². The number of likely N-dealkylation sites (N-methyl/N-ethyl adjacent to an activating group) is 1. The Kier molecular flexibility index (Phi) is 34.8. The fourth-order valence-corrected chi connectivity index (χ4v) is 4.29. The van der Waals surface area contributed by atoms with E-state index >= 15 is 0 Å². The van der Waals surface area contributed by atoms with Gasteiger partial charge in [-0.05, 0) is 37.6 Å². The van der Waals surface area contributed by atoms with Crippen LogP contribution in [0, 0.1) is 0 Å². The summed E-state index contributed by atoms with van der Waals surface area (Å²) >= 11 is 0. The average Bonchev–Trinajstić information content (AvgIpc) is 3.09. The molecule has 0 atom stereocenters. The van der Waals surface area contributed by atoms with Crippen molar-refractivity contribution < 1.29 is 47.4 Å². The van der Waals surface area contributed by atoms with Gasteiger partial charge in [-0.3, -0.25) is 0 Å². The van der Waals surface area contributed by atoms with Crippen molar-refractivity contribution in [3.05, 3.63) is 29.8 Å². The van der Waals surface area contributed by atoms with Crippen LogP contribution in [-0.4, -0.2) is 139 Å². The van der Waals surface area contributed by atoms with Gasteiger partial charge in [-0.25, -0.2) is 0 Å². The Labute approximate surface area is 285 Å². The second-order valence-electron chi connectivity index (χ2n) is 11.0. The van der Waals surface area contributed by atoms with Crippen LogP contribution in [0.2, 0.25) is 0 Å². The lowest BCUT2D eigenvalue weighted by Gasteiger charge is -2.09. The Morgan fingerprint density at radius 1 is 0.404 bits per heavy atom. The van der Waals surface area contributed by atoms with Gasteiger partial charge in [0.1, 0.15) is 12.4 Å². The molecule has 276 valence electrons. The second kappa shape index (κ2) is 37.4. The van der Waals surface area contributed by atoms with Crippen molar-refractivity contribution in [1.82, 2.24) is 5.32 Å². The van der Waals surface area contributed by atoms with Crippen molar-refractivity contribution >= 4 is 0 Å². The van der Waals surface area contributed by atoms with Crippen molar-refractivity contribution in [3.8, 4) is 5.75 Å². The van der Waals surface area contributed by atoms with Gasteiger partial charge < -0.3 is 52.7 Å². The van der Waals surface area contributed by atoms with Gasteiger partial charge in [0.15, 0.2) is 0 Å². The lowest BCUT2D eigenvalue weighted by molar-refractivity contribution is -0.0253. The smallest absolute Gasteiger partial charge is 0.119 e. The number of nitrogens with one attached hydrogen (secondary N) is 1. The summed E-state index contributed by atoms with van der Waals surface area (Å²) in [6, 6.07) is 8.46. The van der Waals surface area contributed by atoms with Crippen LogP contribution in [0.1, 0.15) is 57.4 Å². The van der Waals surface area contributed by atoms with Crippen LogP contribution in [-0.2, 0) is 49.1 Å². The maximum atomic E-state index is 5.78. The minimum atomic E-state index is 0.523. The summed E-state index contributed by atoms with van der Waals surface area (Å²) in [5, 5.41) is 3.02. The molecular weight excluding hydrogens is 606 g/mol. The van der Waals surface area contributed by atoms with E-state index < -0.39 is 0 Å². The minimum absolute atomic E-state index is 0.523. The highest BCUT2D eigenvalue weighted by Gasteiger charge is 1.99. The Balaban J connectivity index is 1.71. The molecule has 0 heterocycles. The van der Waals surface area contributed by atoms with Gasteiger partial charge in [0.2, 0.25) is 0 Å². The quantitative estimate of drug-likeness (QED) is 0.0982. The zero-order valence-electron chi connectivity index (χ0n) is 29.7. The molecule has 0 aromatic heterocycles. The van der Waals surface area contributed by atoms with E-state index in [2.05, 4.69) is 36.5 Å². The second-order valence-corrected chi connectivity index (χ2v) is 11.0. The molecule has 0 bridgehead atoms. The summed E-state index contributed by atoms with van der Waals surface area (Å²) < 4.78 is 55.2. The first-order chi connectivity index (χ1) is 23.4. The van der Waals surface area contributed by atoms with Gasteiger partial charge >= 0.3 is 0 Å². The lowest BCUT2D eigenvalue weighted by atomic mass is 10.0. The molecule has 0 radical (unpaired) electrons. The van der Waals surface area contributed by atoms with E-state index in [0.717, 1.165) is 18.7 Å². The molecule has 11 nitrogen and oxygen atoms in total. The lowest BCUT2D eigenvalue weighted by Crippen LogP contribution is -2.17. The first-order valence-corrected chi connectivity index (χ1v) is 17.9. The summed E-state index contributed by atoms with van der Waals surface area (Å²) in [5.74, 6) is 0.890. The number of benzene rings is 1. The number of hydrogen-bond acceptors (Lipinski definition) is 11. The Morgan fingerprint density at radius 3 is 1.13 bits per heavy atom. The first-order valence-electron chi connectivity index (χ1n) is 17.9. The summed E-state index contributed by atoms with van der Waals surface area (Å²) in [7, 11) is 1.90. The van der Waals surface area contributed by atoms with Crippen LogP contribution in [0.15, 0.2) is 24.3 Å². The zero-order chi connectivity index (χ0) is 33.6. The number of ether oxygens (including phenoxy) is 10. The fourth-order valence-electron chi connectivity index (χ4n) is 4.29. The van der Waals surface area contributed by atoms with Crippen LogP contribution in [0.5, 0.6) is 5.75 Å². The Bertz CT molecular complexity index is 728. The van der Waals surface area contributed by atoms with E-state index in [9.17, 15) is 0 Å². The summed E-state index contributed by atoms with van der Waals surface area (Å²) in [6.45, 7) is 13.5. The fraction of sp³-hybridized carbons (Fsp3) is 0.833. The third-order valence-electron chi connectivity index (χ3n) is 6.96. The molecule has 0 fully saturated rings. The van der Waals surface area contributed by atoms with Crippen LogP contribution >= 0.6 is 0 Å². The third kappa shape index (κ3) is 32.9. The van der Waals surface area contributed by atoms with Crippen molar-refractivity contribution in [2.45, 2.75) is 58.3 Å². The molecule has 11 heteroatoms. The first kappa shape index (κ1) is 43.6. The molecule has 0 aliphatic carbocycles. The van der Waals surface area contributed by atoms with Gasteiger partial charge in [0, 0.05) is 6.54 Å². The van der Waals surface area contributed by atoms with Gasteiger partial charge in [-0.1, -0.05) is 57.6 Å². The number of hydrogen-bond donors (Lipinski definition) is 1. The SMILES string of the molecule is CCCCCCCCCc1ccc(OCCOCCOCCOCCOCCOCCOCCOCCOCCOCCNC)cc1. The van der Waals surface area contributed by atoms with Gasteiger partial charge in [-0.15, -0.1) is 0 Å². The highest BCUT2D eigenvalue weighted by Crippen LogP contribution is 2.15. The highest BCUT2D eigenvalue weighted by atomic mass is 16.6. The molecule has 0 saturated heterocycles. The maximum absolute atomic E-state index is 5.78. The summed E-state index contributed by atoms with van der Waals surface area (Å²) in [5.41, 5.74) is 1.38. The zero-order valence-corrected chi connectivity index (χ0v) is 29.7.